The van der Waals surface area contributed by atoms with Crippen molar-refractivity contribution in [1.82, 2.24) is 14.7 Å². The third-order valence-electron chi connectivity index (χ3n) is 4.39. The Morgan fingerprint density at radius 1 is 1.35 bits per heavy atom. The van der Waals surface area contributed by atoms with Gasteiger partial charge in [-0.05, 0) is 40.8 Å². The Hall–Kier alpha value is -1.21. The first-order valence-corrected chi connectivity index (χ1v) is 9.03. The van der Waals surface area contributed by atoms with E-state index in [9.17, 15) is 0 Å². The summed E-state index contributed by atoms with van der Waals surface area (Å²) in [6, 6.07) is 2.61. The van der Waals surface area contributed by atoms with Crippen molar-refractivity contribution in [3.8, 4) is 0 Å². The molecule has 0 bridgehead atoms. The van der Waals surface area contributed by atoms with Gasteiger partial charge in [0.1, 0.15) is 0 Å². The van der Waals surface area contributed by atoms with Crippen molar-refractivity contribution in [2.45, 2.75) is 31.5 Å². The molecule has 0 N–H and O–H groups in total. The van der Waals surface area contributed by atoms with E-state index in [1.54, 1.807) is 18.4 Å². The van der Waals surface area contributed by atoms with E-state index in [-0.39, 0.29) is 6.10 Å². The lowest BCUT2D eigenvalue weighted by atomic mass is 10.0. The minimum Gasteiger partial charge on any atom is -0.382 e. The molecule has 0 unspecified atom stereocenters. The van der Waals surface area contributed by atoms with E-state index in [1.807, 2.05) is 17.9 Å². The summed E-state index contributed by atoms with van der Waals surface area (Å²) in [4.78, 5) is 2.55. The van der Waals surface area contributed by atoms with E-state index in [1.165, 1.54) is 11.1 Å². The van der Waals surface area contributed by atoms with E-state index in [4.69, 9.17) is 9.47 Å². The number of thiophene rings is 1. The normalized spacial score (nSPS) is 22.0. The number of hydrogen-bond donors (Lipinski definition) is 0. The van der Waals surface area contributed by atoms with Gasteiger partial charge < -0.3 is 9.47 Å². The summed E-state index contributed by atoms with van der Waals surface area (Å²) < 4.78 is 13.1. The Labute approximate surface area is 141 Å². The topological polar surface area (TPSA) is 39.5 Å². The number of hydrogen-bond acceptors (Lipinski definition) is 5. The average Bonchev–Trinajstić information content (AvgIpc) is 3.26. The average molecular weight is 335 g/mol. The molecule has 0 aliphatic carbocycles. The van der Waals surface area contributed by atoms with Crippen molar-refractivity contribution < 1.29 is 9.47 Å². The molecule has 1 saturated heterocycles. The minimum absolute atomic E-state index is 0.268. The highest BCUT2D eigenvalue weighted by molar-refractivity contribution is 7.07. The quantitative estimate of drug-likeness (QED) is 0.694. The van der Waals surface area contributed by atoms with Crippen LogP contribution in [0.5, 0.6) is 0 Å². The maximum absolute atomic E-state index is 6.09. The number of aryl methyl sites for hydroxylation is 1. The van der Waals surface area contributed by atoms with Crippen LogP contribution in [-0.4, -0.2) is 53.7 Å². The zero-order valence-electron chi connectivity index (χ0n) is 13.9. The molecule has 23 heavy (non-hydrogen) atoms. The molecule has 2 aromatic rings. The van der Waals surface area contributed by atoms with Crippen LogP contribution in [0, 0.1) is 0 Å². The van der Waals surface area contributed by atoms with Gasteiger partial charge in [0, 0.05) is 39.5 Å². The van der Waals surface area contributed by atoms with Crippen LogP contribution in [-0.2, 0) is 29.5 Å². The van der Waals surface area contributed by atoms with Crippen LogP contribution in [0.15, 0.2) is 29.2 Å². The third-order valence-corrected chi connectivity index (χ3v) is 5.12. The number of ether oxygens (including phenoxy) is 2. The van der Waals surface area contributed by atoms with Gasteiger partial charge in [0.15, 0.2) is 0 Å². The first-order chi connectivity index (χ1) is 11.3. The van der Waals surface area contributed by atoms with E-state index >= 15 is 0 Å². The second kappa shape index (κ2) is 8.06. The van der Waals surface area contributed by atoms with Crippen LogP contribution in [0.1, 0.15) is 17.5 Å². The van der Waals surface area contributed by atoms with Crippen LogP contribution in [0.25, 0.3) is 0 Å². The molecule has 1 aliphatic heterocycles. The highest BCUT2D eigenvalue weighted by Gasteiger charge is 2.35. The highest BCUT2D eigenvalue weighted by atomic mass is 32.1. The summed E-state index contributed by atoms with van der Waals surface area (Å²) in [5.41, 5.74) is 2.67. The maximum Gasteiger partial charge on any atom is 0.0746 e. The number of aromatic nitrogens is 2. The molecule has 3 rings (SSSR count). The first kappa shape index (κ1) is 16.6. The lowest BCUT2D eigenvalue weighted by Crippen LogP contribution is -2.38. The summed E-state index contributed by atoms with van der Waals surface area (Å²) in [5, 5.41) is 8.68. The first-order valence-electron chi connectivity index (χ1n) is 8.09. The lowest BCUT2D eigenvalue weighted by molar-refractivity contribution is -0.00129. The summed E-state index contributed by atoms with van der Waals surface area (Å²) >= 11 is 1.76. The van der Waals surface area contributed by atoms with E-state index in [0.717, 1.165) is 25.9 Å². The SMILES string of the molecule is COCCO[C@H]1CCN(Cc2ccsc2)[C@H]1Cc1cnn(C)c1. The molecule has 2 atom stereocenters. The third kappa shape index (κ3) is 4.41. The van der Waals surface area contributed by atoms with Crippen LogP contribution in [0.4, 0.5) is 0 Å². The van der Waals surface area contributed by atoms with Gasteiger partial charge >= 0.3 is 0 Å². The molecule has 0 aromatic carbocycles. The van der Waals surface area contributed by atoms with Crippen LogP contribution in [0.2, 0.25) is 0 Å². The summed E-state index contributed by atoms with van der Waals surface area (Å²) in [5.74, 6) is 0. The molecule has 0 amide bonds. The molecule has 2 aromatic heterocycles. The zero-order chi connectivity index (χ0) is 16.1. The fourth-order valence-corrected chi connectivity index (χ4v) is 3.92. The van der Waals surface area contributed by atoms with Crippen molar-refractivity contribution in [2.75, 3.05) is 26.9 Å². The molecule has 126 valence electrons. The second-order valence-electron chi connectivity index (χ2n) is 6.09. The van der Waals surface area contributed by atoms with E-state index in [0.29, 0.717) is 19.3 Å². The van der Waals surface area contributed by atoms with Crippen LogP contribution < -0.4 is 0 Å². The lowest BCUT2D eigenvalue weighted by Gasteiger charge is -2.27. The smallest absolute Gasteiger partial charge is 0.0746 e. The number of rotatable bonds is 8. The monoisotopic (exact) mass is 335 g/mol. The van der Waals surface area contributed by atoms with Gasteiger partial charge in [0.05, 0.1) is 25.5 Å². The molecular formula is C17H25N3O2S. The molecule has 0 radical (unpaired) electrons. The van der Waals surface area contributed by atoms with Crippen molar-refractivity contribution in [3.05, 3.63) is 40.3 Å². The minimum atomic E-state index is 0.268. The van der Waals surface area contributed by atoms with Crippen molar-refractivity contribution in [3.63, 3.8) is 0 Å². The summed E-state index contributed by atoms with van der Waals surface area (Å²) in [6.45, 7) is 3.40. The van der Waals surface area contributed by atoms with E-state index < -0.39 is 0 Å². The molecule has 5 nitrogen and oxygen atoms in total. The fraction of sp³-hybridized carbons (Fsp3) is 0.588. The molecular weight excluding hydrogens is 310 g/mol. The molecule has 0 spiro atoms. The van der Waals surface area contributed by atoms with Crippen molar-refractivity contribution >= 4 is 11.3 Å². The maximum atomic E-state index is 6.09. The molecule has 1 aliphatic rings. The second-order valence-corrected chi connectivity index (χ2v) is 6.87. The van der Waals surface area contributed by atoms with Gasteiger partial charge in [0.2, 0.25) is 0 Å². The number of likely N-dealkylation sites (tertiary alicyclic amines) is 1. The van der Waals surface area contributed by atoms with Crippen molar-refractivity contribution in [2.24, 2.45) is 7.05 Å². The van der Waals surface area contributed by atoms with Gasteiger partial charge in [-0.2, -0.15) is 16.4 Å². The molecule has 3 heterocycles. The number of nitrogens with zero attached hydrogens (tertiary/aromatic N) is 3. The number of methoxy groups -OCH3 is 1. The summed E-state index contributed by atoms with van der Waals surface area (Å²) in [6.07, 6.45) is 6.40. The Balaban J connectivity index is 1.67. The van der Waals surface area contributed by atoms with Crippen LogP contribution >= 0.6 is 11.3 Å². The Morgan fingerprint density at radius 3 is 2.96 bits per heavy atom. The summed E-state index contributed by atoms with van der Waals surface area (Å²) in [7, 11) is 3.68. The Bertz CT molecular complexity index is 584. The van der Waals surface area contributed by atoms with Crippen LogP contribution in [0.3, 0.4) is 0 Å². The molecule has 0 saturated carbocycles. The van der Waals surface area contributed by atoms with Gasteiger partial charge in [-0.1, -0.05) is 0 Å². The molecule has 1 fully saturated rings. The standard InChI is InChI=1S/C17H25N3O2S/c1-19-11-15(10-18-19)9-16-17(22-7-6-21-2)3-5-20(16)12-14-4-8-23-13-14/h4,8,10-11,13,16-17H,3,5-7,9,12H2,1-2H3/t16-,17-/m0/s1. The predicted octanol–water partition coefficient (Wildman–Crippen LogP) is 2.33. The Morgan fingerprint density at radius 2 is 2.26 bits per heavy atom. The fourth-order valence-electron chi connectivity index (χ4n) is 3.26. The molecule has 6 heteroatoms. The largest absolute Gasteiger partial charge is 0.382 e. The highest BCUT2D eigenvalue weighted by Crippen LogP contribution is 2.26. The van der Waals surface area contributed by atoms with Gasteiger partial charge in [-0.25, -0.2) is 0 Å². The Kier molecular flexibility index (Phi) is 5.83. The van der Waals surface area contributed by atoms with Gasteiger partial charge in [-0.3, -0.25) is 9.58 Å². The van der Waals surface area contributed by atoms with E-state index in [2.05, 4.69) is 33.0 Å². The predicted molar refractivity (Wildman–Crippen MR) is 91.7 cm³/mol. The van der Waals surface area contributed by atoms with Gasteiger partial charge in [-0.15, -0.1) is 0 Å². The zero-order valence-corrected chi connectivity index (χ0v) is 14.7. The van der Waals surface area contributed by atoms with Crippen molar-refractivity contribution in [1.29, 1.82) is 0 Å². The van der Waals surface area contributed by atoms with Gasteiger partial charge in [0.25, 0.3) is 0 Å².